The molecule has 0 bridgehead atoms. The van der Waals surface area contributed by atoms with E-state index in [1.165, 1.54) is 154 Å². The summed E-state index contributed by atoms with van der Waals surface area (Å²) < 4.78 is 16.9. The number of esters is 3. The first-order valence-corrected chi connectivity index (χ1v) is 31.4. The van der Waals surface area contributed by atoms with Crippen LogP contribution in [-0.4, -0.2) is 37.2 Å². The Labute approximate surface area is 463 Å². The van der Waals surface area contributed by atoms with Gasteiger partial charge in [-0.1, -0.05) is 265 Å². The zero-order valence-electron chi connectivity index (χ0n) is 49.0. The summed E-state index contributed by atoms with van der Waals surface area (Å²) in [6, 6.07) is 0. The Hall–Kier alpha value is -3.93. The first-order chi connectivity index (χ1) is 37.0. The molecule has 0 saturated heterocycles. The van der Waals surface area contributed by atoms with Crippen molar-refractivity contribution in [2.75, 3.05) is 13.2 Å². The Morgan fingerprint density at radius 1 is 0.293 bits per heavy atom. The lowest BCUT2D eigenvalue weighted by atomic mass is 10.1. The highest BCUT2D eigenvalue weighted by Crippen LogP contribution is 2.16. The number of unbranched alkanes of at least 4 members (excludes halogenated alkanes) is 29. The molecule has 0 aliphatic rings. The summed E-state index contributed by atoms with van der Waals surface area (Å²) in [5.74, 6) is -0.926. The van der Waals surface area contributed by atoms with Crippen LogP contribution in [0.5, 0.6) is 0 Å². The van der Waals surface area contributed by atoms with Crippen molar-refractivity contribution in [3.8, 4) is 0 Å². The van der Waals surface area contributed by atoms with Crippen LogP contribution in [0.15, 0.2) is 109 Å². The van der Waals surface area contributed by atoms with Gasteiger partial charge in [0.15, 0.2) is 6.10 Å². The number of hydrogen-bond donors (Lipinski definition) is 0. The van der Waals surface area contributed by atoms with Crippen molar-refractivity contribution in [3.63, 3.8) is 0 Å². The molecule has 0 saturated carbocycles. The summed E-state index contributed by atoms with van der Waals surface area (Å²) in [5.41, 5.74) is 0. The van der Waals surface area contributed by atoms with E-state index in [0.717, 1.165) is 96.3 Å². The van der Waals surface area contributed by atoms with E-state index in [0.29, 0.717) is 19.3 Å². The van der Waals surface area contributed by atoms with Gasteiger partial charge >= 0.3 is 17.9 Å². The lowest BCUT2D eigenvalue weighted by Gasteiger charge is -2.18. The van der Waals surface area contributed by atoms with Crippen molar-refractivity contribution in [3.05, 3.63) is 109 Å². The SMILES string of the molecule is CC/C=C\C/C=C\C/C=C\C/C=C\C/C=C\CCCCCC(=O)OCC(COC(=O)CCCCCCCCCCCC/C=C\C=C/CCCCC)OC(=O)CCCCCCCCCCCC/C=C\C=C/CCCCC. The van der Waals surface area contributed by atoms with E-state index >= 15 is 0 Å². The molecule has 0 aromatic rings. The van der Waals surface area contributed by atoms with Crippen LogP contribution in [0.2, 0.25) is 0 Å². The maximum atomic E-state index is 12.9. The molecule has 0 aromatic heterocycles. The fourth-order valence-electron chi connectivity index (χ4n) is 8.57. The summed E-state index contributed by atoms with van der Waals surface area (Å²) >= 11 is 0. The first kappa shape index (κ1) is 71.1. The van der Waals surface area contributed by atoms with Crippen molar-refractivity contribution in [2.45, 2.75) is 297 Å². The van der Waals surface area contributed by atoms with Gasteiger partial charge in [-0.05, 0) is 116 Å². The fourth-order valence-corrected chi connectivity index (χ4v) is 8.57. The largest absolute Gasteiger partial charge is 0.462 e. The zero-order valence-corrected chi connectivity index (χ0v) is 49.0. The molecule has 0 heterocycles. The van der Waals surface area contributed by atoms with E-state index in [2.05, 4.69) is 130 Å². The minimum Gasteiger partial charge on any atom is -0.462 e. The monoisotopic (exact) mass is 1040 g/mol. The van der Waals surface area contributed by atoms with Gasteiger partial charge in [-0.2, -0.15) is 0 Å². The number of carbonyl (C=O) groups is 3. The fraction of sp³-hybridized carbons (Fsp3) is 0.696. The van der Waals surface area contributed by atoms with Crippen LogP contribution >= 0.6 is 0 Å². The molecule has 1 unspecified atom stereocenters. The maximum absolute atomic E-state index is 12.9. The first-order valence-electron chi connectivity index (χ1n) is 31.4. The number of allylic oxidation sites excluding steroid dienone is 18. The zero-order chi connectivity index (χ0) is 54.3. The molecule has 428 valence electrons. The average molecular weight is 1040 g/mol. The third kappa shape index (κ3) is 60.8. The Bertz CT molecular complexity index is 1520. The molecule has 0 radical (unpaired) electrons. The molecule has 6 nitrogen and oxygen atoms in total. The van der Waals surface area contributed by atoms with Crippen molar-refractivity contribution in [1.29, 1.82) is 0 Å². The smallest absolute Gasteiger partial charge is 0.306 e. The van der Waals surface area contributed by atoms with E-state index in [1.54, 1.807) is 0 Å². The third-order valence-corrected chi connectivity index (χ3v) is 13.3. The van der Waals surface area contributed by atoms with E-state index in [1.807, 2.05) is 0 Å². The highest BCUT2D eigenvalue weighted by atomic mass is 16.6. The lowest BCUT2D eigenvalue weighted by molar-refractivity contribution is -0.167. The maximum Gasteiger partial charge on any atom is 0.306 e. The molecule has 75 heavy (non-hydrogen) atoms. The van der Waals surface area contributed by atoms with E-state index < -0.39 is 6.10 Å². The topological polar surface area (TPSA) is 78.9 Å². The second-order valence-corrected chi connectivity index (χ2v) is 20.6. The van der Waals surface area contributed by atoms with Gasteiger partial charge in [0.2, 0.25) is 0 Å². The molecule has 0 aromatic carbocycles. The van der Waals surface area contributed by atoms with Gasteiger partial charge in [-0.25, -0.2) is 0 Å². The molecule has 0 aliphatic heterocycles. The van der Waals surface area contributed by atoms with Gasteiger partial charge in [-0.15, -0.1) is 0 Å². The van der Waals surface area contributed by atoms with Crippen LogP contribution < -0.4 is 0 Å². The molecule has 6 heteroatoms. The van der Waals surface area contributed by atoms with Crippen LogP contribution in [-0.2, 0) is 28.6 Å². The van der Waals surface area contributed by atoms with Crippen LogP contribution in [0.25, 0.3) is 0 Å². The van der Waals surface area contributed by atoms with Gasteiger partial charge < -0.3 is 14.2 Å². The van der Waals surface area contributed by atoms with Crippen molar-refractivity contribution >= 4 is 17.9 Å². The van der Waals surface area contributed by atoms with Gasteiger partial charge in [0.05, 0.1) is 0 Å². The minimum absolute atomic E-state index is 0.0925. The molecule has 0 aliphatic carbocycles. The summed E-state index contributed by atoms with van der Waals surface area (Å²) in [7, 11) is 0. The van der Waals surface area contributed by atoms with E-state index in [4.69, 9.17) is 14.2 Å². The minimum atomic E-state index is -0.798. The highest BCUT2D eigenvalue weighted by molar-refractivity contribution is 5.71. The van der Waals surface area contributed by atoms with E-state index in [-0.39, 0.29) is 31.1 Å². The second-order valence-electron chi connectivity index (χ2n) is 20.6. The van der Waals surface area contributed by atoms with Crippen LogP contribution in [0.3, 0.4) is 0 Å². The quantitative estimate of drug-likeness (QED) is 0.0199. The normalized spacial score (nSPS) is 12.8. The predicted octanol–water partition coefficient (Wildman–Crippen LogP) is 21.4. The van der Waals surface area contributed by atoms with Crippen molar-refractivity contribution in [2.24, 2.45) is 0 Å². The van der Waals surface area contributed by atoms with Crippen LogP contribution in [0, 0.1) is 0 Å². The second kappa shape index (κ2) is 62.6. The Morgan fingerprint density at radius 3 is 0.907 bits per heavy atom. The Balaban J connectivity index is 4.46. The van der Waals surface area contributed by atoms with Crippen molar-refractivity contribution in [1.82, 2.24) is 0 Å². The summed E-state index contributed by atoms with van der Waals surface area (Å²) in [4.78, 5) is 38.3. The van der Waals surface area contributed by atoms with Crippen LogP contribution in [0.4, 0.5) is 0 Å². The average Bonchev–Trinajstić information content (AvgIpc) is 3.41. The number of hydrogen-bond acceptors (Lipinski definition) is 6. The number of rotatable bonds is 56. The summed E-state index contributed by atoms with van der Waals surface area (Å²) in [6.07, 6.45) is 85.1. The van der Waals surface area contributed by atoms with Gasteiger partial charge in [0.25, 0.3) is 0 Å². The molecule has 0 amide bonds. The Kier molecular flexibility index (Phi) is 59.3. The van der Waals surface area contributed by atoms with Gasteiger partial charge in [0.1, 0.15) is 13.2 Å². The van der Waals surface area contributed by atoms with E-state index in [9.17, 15) is 14.4 Å². The van der Waals surface area contributed by atoms with Gasteiger partial charge in [-0.3, -0.25) is 14.4 Å². The number of ether oxygens (including phenoxy) is 3. The van der Waals surface area contributed by atoms with Gasteiger partial charge in [0, 0.05) is 19.3 Å². The highest BCUT2D eigenvalue weighted by Gasteiger charge is 2.19. The van der Waals surface area contributed by atoms with Crippen molar-refractivity contribution < 1.29 is 28.6 Å². The molecule has 1 atom stereocenters. The molecule has 0 rings (SSSR count). The molecular weight excluding hydrogens is 925 g/mol. The number of carbonyl (C=O) groups excluding carboxylic acids is 3. The summed E-state index contributed by atoms with van der Waals surface area (Å²) in [5, 5.41) is 0. The molecule has 0 fully saturated rings. The molecule has 0 N–H and O–H groups in total. The molecular formula is C69H116O6. The molecule has 0 spiro atoms. The third-order valence-electron chi connectivity index (χ3n) is 13.3. The Morgan fingerprint density at radius 2 is 0.560 bits per heavy atom. The predicted molar refractivity (Wildman–Crippen MR) is 325 cm³/mol. The lowest BCUT2D eigenvalue weighted by Crippen LogP contribution is -2.30. The summed E-state index contributed by atoms with van der Waals surface area (Å²) in [6.45, 7) is 6.46. The van der Waals surface area contributed by atoms with Crippen LogP contribution in [0.1, 0.15) is 290 Å². The standard InChI is InChI=1S/C69H116O6/c1-4-7-10-13-16-19-22-25-28-31-34-37-40-43-46-49-52-55-58-61-67(70)73-64-66(75-69(72)63-60-57-54-51-48-45-42-39-36-33-30-27-24-21-18-15-12-9-6-3)65-74-68(71)62-59-56-53-50-47-44-41-38-35-32-29-26-23-20-17-14-11-8-5-2/h7,10,16-21,23-28,34,37,43,46,66H,4-6,8-9,11-15,22,29-33,35-36,38-42,44-45,47-65H2,1-3H3/b10-7-,19-16-,20-17-,21-18-,26-23-,27-24-,28-25-,37-34-,46-43-.